The largest absolute Gasteiger partial charge is 0.398 e. The molecule has 0 atom stereocenters. The van der Waals surface area contributed by atoms with Crippen LogP contribution in [0.4, 0.5) is 11.4 Å². The van der Waals surface area contributed by atoms with Crippen molar-refractivity contribution in [2.45, 2.75) is 27.3 Å². The number of nitrogen functional groups attached to an aromatic ring is 1. The van der Waals surface area contributed by atoms with Crippen LogP contribution in [-0.4, -0.2) is 24.8 Å². The summed E-state index contributed by atoms with van der Waals surface area (Å²) in [6.45, 7) is 5.63. The van der Waals surface area contributed by atoms with Crippen molar-refractivity contribution in [3.63, 3.8) is 0 Å². The molecule has 0 fully saturated rings. The number of hydrogen-bond donors (Lipinski definition) is 1. The third kappa shape index (κ3) is 3.41. The minimum Gasteiger partial charge on any atom is -0.398 e. The van der Waals surface area contributed by atoms with Gasteiger partial charge in [-0.1, -0.05) is 29.4 Å². The molecule has 0 unspecified atom stereocenters. The van der Waals surface area contributed by atoms with Gasteiger partial charge in [-0.25, -0.2) is 0 Å². The van der Waals surface area contributed by atoms with Gasteiger partial charge >= 0.3 is 5.69 Å². The van der Waals surface area contributed by atoms with Gasteiger partial charge in [0.1, 0.15) is 11.4 Å². The molecule has 9 nitrogen and oxygen atoms in total. The van der Waals surface area contributed by atoms with Crippen LogP contribution in [0, 0.1) is 30.9 Å². The maximum absolute atomic E-state index is 11.2. The highest BCUT2D eigenvalue weighted by Crippen LogP contribution is 2.28. The monoisotopic (exact) mass is 404 g/mol. The quantitative estimate of drug-likeness (QED) is 0.302. The molecule has 4 rings (SSSR count). The summed E-state index contributed by atoms with van der Waals surface area (Å²) in [4.78, 5) is 15.3. The van der Waals surface area contributed by atoms with Crippen LogP contribution >= 0.6 is 0 Å². The maximum Gasteiger partial charge on any atom is 0.312 e. The van der Waals surface area contributed by atoms with Crippen molar-refractivity contribution in [1.29, 1.82) is 0 Å². The van der Waals surface area contributed by atoms with Gasteiger partial charge in [0.2, 0.25) is 5.82 Å². The summed E-state index contributed by atoms with van der Waals surface area (Å²) in [5.41, 5.74) is 11.0. The van der Waals surface area contributed by atoms with Crippen molar-refractivity contribution in [2.24, 2.45) is 0 Å². The Bertz CT molecular complexity index is 1260. The number of rotatable bonds is 5. The Kier molecular flexibility index (Phi) is 4.78. The van der Waals surface area contributed by atoms with Gasteiger partial charge in [0.15, 0.2) is 0 Å². The van der Waals surface area contributed by atoms with E-state index in [0.717, 1.165) is 22.3 Å². The van der Waals surface area contributed by atoms with E-state index in [1.54, 1.807) is 18.5 Å². The molecule has 0 radical (unpaired) electrons. The van der Waals surface area contributed by atoms with Crippen molar-refractivity contribution in [2.75, 3.05) is 5.73 Å². The number of benzene rings is 2. The Morgan fingerprint density at radius 3 is 2.67 bits per heavy atom. The van der Waals surface area contributed by atoms with Gasteiger partial charge in [0, 0.05) is 16.8 Å². The SMILES string of the molecule is Cc1nn(Cc2cccc(-c3nc(-c4cccc(N)c4C)no3)c2)c(C)c1[N+](=O)[O-]. The second kappa shape index (κ2) is 7.43. The molecule has 0 saturated heterocycles. The van der Waals surface area contributed by atoms with E-state index in [2.05, 4.69) is 15.2 Å². The smallest absolute Gasteiger partial charge is 0.312 e. The molecule has 2 heterocycles. The molecule has 152 valence electrons. The molecule has 2 aromatic heterocycles. The molecule has 0 bridgehead atoms. The molecular formula is C21H20N6O3. The van der Waals surface area contributed by atoms with Crippen molar-refractivity contribution in [3.8, 4) is 22.8 Å². The molecule has 0 saturated carbocycles. The maximum atomic E-state index is 11.2. The predicted molar refractivity (Wildman–Crippen MR) is 112 cm³/mol. The minimum absolute atomic E-state index is 0.0465. The summed E-state index contributed by atoms with van der Waals surface area (Å²) < 4.78 is 7.10. The molecule has 2 aromatic carbocycles. The Morgan fingerprint density at radius 2 is 1.93 bits per heavy atom. The Labute approximate surface area is 172 Å². The van der Waals surface area contributed by atoms with Crippen molar-refractivity contribution in [1.82, 2.24) is 19.9 Å². The second-order valence-corrected chi connectivity index (χ2v) is 7.08. The fourth-order valence-corrected chi connectivity index (χ4v) is 3.43. The summed E-state index contributed by atoms with van der Waals surface area (Å²) >= 11 is 0. The Balaban J connectivity index is 1.64. The van der Waals surface area contributed by atoms with E-state index in [1.807, 2.05) is 49.4 Å². The highest BCUT2D eigenvalue weighted by molar-refractivity contribution is 5.69. The standard InChI is InChI=1S/C21H20N6O3/c1-12-17(8-5-9-18(12)22)20-23-21(30-25-20)16-7-4-6-15(10-16)11-26-14(3)19(27(28)29)13(2)24-26/h4-10H,11,22H2,1-3H3. The molecular weight excluding hydrogens is 384 g/mol. The zero-order valence-electron chi connectivity index (χ0n) is 16.8. The van der Waals surface area contributed by atoms with Gasteiger partial charge in [0.25, 0.3) is 5.89 Å². The van der Waals surface area contributed by atoms with Crippen LogP contribution in [0.15, 0.2) is 47.0 Å². The Morgan fingerprint density at radius 1 is 1.17 bits per heavy atom. The zero-order valence-corrected chi connectivity index (χ0v) is 16.8. The number of hydrogen-bond acceptors (Lipinski definition) is 7. The average molecular weight is 404 g/mol. The number of nitro groups is 1. The number of aromatic nitrogens is 4. The molecule has 2 N–H and O–H groups in total. The Hall–Kier alpha value is -4.01. The van der Waals surface area contributed by atoms with Crippen molar-refractivity contribution in [3.05, 3.63) is 75.1 Å². The summed E-state index contributed by atoms with van der Waals surface area (Å²) in [7, 11) is 0. The summed E-state index contributed by atoms with van der Waals surface area (Å²) in [5, 5.41) is 19.6. The van der Waals surface area contributed by atoms with E-state index in [-0.39, 0.29) is 5.69 Å². The van der Waals surface area contributed by atoms with Crippen molar-refractivity contribution >= 4 is 11.4 Å². The van der Waals surface area contributed by atoms with Gasteiger partial charge in [-0.2, -0.15) is 10.1 Å². The van der Waals surface area contributed by atoms with Gasteiger partial charge in [0.05, 0.1) is 11.5 Å². The lowest BCUT2D eigenvalue weighted by molar-refractivity contribution is -0.386. The van der Waals surface area contributed by atoms with Gasteiger partial charge < -0.3 is 10.3 Å². The van der Waals surface area contributed by atoms with Crippen LogP contribution in [0.25, 0.3) is 22.8 Å². The van der Waals surface area contributed by atoms with Crippen molar-refractivity contribution < 1.29 is 9.45 Å². The third-order valence-electron chi connectivity index (χ3n) is 5.07. The first-order chi connectivity index (χ1) is 14.3. The highest BCUT2D eigenvalue weighted by atomic mass is 16.6. The van der Waals surface area contributed by atoms with E-state index in [1.165, 1.54) is 0 Å². The molecule has 30 heavy (non-hydrogen) atoms. The van der Waals surface area contributed by atoms with Crippen LogP contribution in [0.3, 0.4) is 0 Å². The lowest BCUT2D eigenvalue weighted by Crippen LogP contribution is -2.04. The molecule has 0 amide bonds. The summed E-state index contributed by atoms with van der Waals surface area (Å²) in [5.74, 6) is 0.849. The molecule has 0 aliphatic rings. The van der Waals surface area contributed by atoms with Crippen LogP contribution in [0.2, 0.25) is 0 Å². The topological polar surface area (TPSA) is 126 Å². The number of anilines is 1. The molecule has 0 spiro atoms. The molecule has 0 aliphatic carbocycles. The number of nitrogens with two attached hydrogens (primary N) is 1. The average Bonchev–Trinajstić information content (AvgIpc) is 3.29. The highest BCUT2D eigenvalue weighted by Gasteiger charge is 2.22. The van der Waals surface area contributed by atoms with E-state index in [0.29, 0.717) is 35.3 Å². The fourth-order valence-electron chi connectivity index (χ4n) is 3.43. The molecule has 0 aliphatic heterocycles. The third-order valence-corrected chi connectivity index (χ3v) is 5.07. The first-order valence-electron chi connectivity index (χ1n) is 9.32. The van der Waals surface area contributed by atoms with Crippen LogP contribution in [0.5, 0.6) is 0 Å². The summed E-state index contributed by atoms with van der Waals surface area (Å²) in [6.07, 6.45) is 0. The van der Waals surface area contributed by atoms with Gasteiger partial charge in [-0.3, -0.25) is 14.8 Å². The van der Waals surface area contributed by atoms with Crippen LogP contribution < -0.4 is 5.73 Å². The minimum atomic E-state index is -0.400. The lowest BCUT2D eigenvalue weighted by Gasteiger charge is -2.05. The van der Waals surface area contributed by atoms with E-state index < -0.39 is 4.92 Å². The van der Waals surface area contributed by atoms with Gasteiger partial charge in [-0.05, 0) is 50.1 Å². The second-order valence-electron chi connectivity index (χ2n) is 7.08. The normalized spacial score (nSPS) is 11.0. The molecule has 4 aromatic rings. The van der Waals surface area contributed by atoms with Gasteiger partial charge in [-0.15, -0.1) is 0 Å². The fraction of sp³-hybridized carbons (Fsp3) is 0.190. The van der Waals surface area contributed by atoms with E-state index in [9.17, 15) is 10.1 Å². The lowest BCUT2D eigenvalue weighted by atomic mass is 10.1. The first-order valence-corrected chi connectivity index (χ1v) is 9.32. The van der Waals surface area contributed by atoms with E-state index in [4.69, 9.17) is 10.3 Å². The number of aryl methyl sites for hydroxylation is 1. The predicted octanol–water partition coefficient (Wildman–Crippen LogP) is 4.06. The molecule has 9 heteroatoms. The first kappa shape index (κ1) is 19.3. The zero-order chi connectivity index (χ0) is 21.4. The van der Waals surface area contributed by atoms with E-state index >= 15 is 0 Å². The summed E-state index contributed by atoms with van der Waals surface area (Å²) in [6, 6.07) is 13.1. The van der Waals surface area contributed by atoms with Crippen LogP contribution in [0.1, 0.15) is 22.5 Å². The number of nitrogens with zero attached hydrogens (tertiary/aromatic N) is 5. The van der Waals surface area contributed by atoms with Crippen LogP contribution in [-0.2, 0) is 6.54 Å².